The fourth-order valence-corrected chi connectivity index (χ4v) is 2.94. The zero-order chi connectivity index (χ0) is 20.1. The molecular formula is C20H22N4O4. The van der Waals surface area contributed by atoms with Crippen LogP contribution in [0.2, 0.25) is 0 Å². The van der Waals surface area contributed by atoms with Crippen LogP contribution in [-0.2, 0) is 13.6 Å². The molecule has 0 saturated heterocycles. The van der Waals surface area contributed by atoms with Crippen LogP contribution >= 0.6 is 0 Å². The molecular weight excluding hydrogens is 360 g/mol. The first-order valence-electron chi connectivity index (χ1n) is 8.78. The number of nitrogens with one attached hydrogen (secondary N) is 1. The van der Waals surface area contributed by atoms with Crippen molar-refractivity contribution in [3.63, 3.8) is 0 Å². The Balaban J connectivity index is 1.65. The second kappa shape index (κ2) is 8.64. The van der Waals surface area contributed by atoms with Crippen LogP contribution in [0.3, 0.4) is 0 Å². The van der Waals surface area contributed by atoms with E-state index in [9.17, 15) is 15.2 Å². The lowest BCUT2D eigenvalue weighted by Gasteiger charge is -2.13. The fraction of sp³-hybridized carbons (Fsp3) is 0.250. The first kappa shape index (κ1) is 19.5. The van der Waals surface area contributed by atoms with Crippen molar-refractivity contribution >= 4 is 5.69 Å². The van der Waals surface area contributed by atoms with Gasteiger partial charge in [-0.1, -0.05) is 12.1 Å². The van der Waals surface area contributed by atoms with Crippen molar-refractivity contribution < 1.29 is 14.8 Å². The maximum atomic E-state index is 10.8. The Labute approximate surface area is 162 Å². The summed E-state index contributed by atoms with van der Waals surface area (Å²) in [5.41, 5.74) is 3.35. The molecule has 28 heavy (non-hydrogen) atoms. The summed E-state index contributed by atoms with van der Waals surface area (Å²) in [5.74, 6) is 0.743. The van der Waals surface area contributed by atoms with E-state index >= 15 is 0 Å². The molecule has 0 fully saturated rings. The quantitative estimate of drug-likeness (QED) is 0.459. The van der Waals surface area contributed by atoms with Gasteiger partial charge in [0.2, 0.25) is 0 Å². The van der Waals surface area contributed by atoms with E-state index in [1.54, 1.807) is 23.9 Å². The van der Waals surface area contributed by atoms with Crippen LogP contribution in [-0.4, -0.2) is 33.5 Å². The Kier molecular flexibility index (Phi) is 6.03. The third kappa shape index (κ3) is 4.54. The number of nitro groups is 1. The minimum atomic E-state index is -0.648. The molecule has 1 aromatic heterocycles. The molecule has 0 spiro atoms. The van der Waals surface area contributed by atoms with Gasteiger partial charge in [0, 0.05) is 49.6 Å². The summed E-state index contributed by atoms with van der Waals surface area (Å²) in [7, 11) is 3.42. The van der Waals surface area contributed by atoms with Gasteiger partial charge >= 0.3 is 0 Å². The number of ether oxygens (including phenoxy) is 1. The van der Waals surface area contributed by atoms with Crippen LogP contribution in [0, 0.1) is 10.1 Å². The van der Waals surface area contributed by atoms with E-state index < -0.39 is 11.0 Å². The number of nitro benzene ring substituents is 1. The predicted molar refractivity (Wildman–Crippen MR) is 105 cm³/mol. The van der Waals surface area contributed by atoms with E-state index in [0.717, 1.165) is 28.1 Å². The maximum absolute atomic E-state index is 10.8. The minimum absolute atomic E-state index is 0.0435. The van der Waals surface area contributed by atoms with Gasteiger partial charge in [-0.05, 0) is 29.8 Å². The molecule has 0 radical (unpaired) electrons. The molecule has 2 N–H and O–H groups in total. The van der Waals surface area contributed by atoms with E-state index in [-0.39, 0.29) is 5.69 Å². The first-order chi connectivity index (χ1) is 13.5. The summed E-state index contributed by atoms with van der Waals surface area (Å²) >= 11 is 0. The molecule has 8 nitrogen and oxygen atoms in total. The third-order valence-electron chi connectivity index (χ3n) is 4.41. The van der Waals surface area contributed by atoms with Gasteiger partial charge in [0.15, 0.2) is 0 Å². The minimum Gasteiger partial charge on any atom is -0.497 e. The molecule has 0 aliphatic carbocycles. The van der Waals surface area contributed by atoms with Crippen molar-refractivity contribution in [1.29, 1.82) is 0 Å². The first-order valence-corrected chi connectivity index (χ1v) is 8.78. The van der Waals surface area contributed by atoms with Crippen molar-refractivity contribution in [2.45, 2.75) is 12.6 Å². The van der Waals surface area contributed by atoms with Gasteiger partial charge in [0.1, 0.15) is 5.75 Å². The normalized spacial score (nSPS) is 12.0. The van der Waals surface area contributed by atoms with E-state index in [0.29, 0.717) is 13.1 Å². The molecule has 8 heteroatoms. The number of rotatable bonds is 8. The number of hydrogen-bond acceptors (Lipinski definition) is 6. The molecule has 0 saturated carbocycles. The number of nitrogens with zero attached hydrogens (tertiary/aromatic N) is 3. The van der Waals surface area contributed by atoms with Gasteiger partial charge in [-0.2, -0.15) is 5.10 Å². The highest BCUT2D eigenvalue weighted by Crippen LogP contribution is 2.24. The molecule has 1 unspecified atom stereocenters. The van der Waals surface area contributed by atoms with Gasteiger partial charge in [-0.15, -0.1) is 0 Å². The summed E-state index contributed by atoms with van der Waals surface area (Å²) in [4.78, 5) is 10.4. The molecule has 146 valence electrons. The second-order valence-electron chi connectivity index (χ2n) is 6.40. The van der Waals surface area contributed by atoms with Gasteiger partial charge < -0.3 is 15.2 Å². The molecule has 3 rings (SSSR count). The average molecular weight is 382 g/mol. The number of hydrogen-bond donors (Lipinski definition) is 2. The van der Waals surface area contributed by atoms with Gasteiger partial charge in [0.25, 0.3) is 5.69 Å². The van der Waals surface area contributed by atoms with Crippen LogP contribution in [0.4, 0.5) is 5.69 Å². The number of benzene rings is 2. The van der Waals surface area contributed by atoms with E-state index in [1.165, 1.54) is 12.1 Å². The molecule has 3 aromatic rings. The lowest BCUT2D eigenvalue weighted by atomic mass is 10.1. The second-order valence-corrected chi connectivity index (χ2v) is 6.40. The highest BCUT2D eigenvalue weighted by Gasteiger charge is 2.13. The Morgan fingerprint density at radius 1 is 1.21 bits per heavy atom. The highest BCUT2D eigenvalue weighted by molar-refractivity contribution is 5.64. The number of aromatic nitrogens is 2. The molecule has 0 amide bonds. The lowest BCUT2D eigenvalue weighted by Crippen LogP contribution is -2.21. The number of methoxy groups -OCH3 is 1. The van der Waals surface area contributed by atoms with Crippen molar-refractivity contribution in [3.05, 3.63) is 76.0 Å². The standard InChI is InChI=1S/C20H22N4O4/c1-23-13-16(20(22-23)15-3-7-17(8-4-15)24(26)27)11-21-12-19(25)14-5-9-18(28-2)10-6-14/h3-10,13,19,21,25H,11-12H2,1-2H3. The van der Waals surface area contributed by atoms with Gasteiger partial charge in [-0.25, -0.2) is 0 Å². The monoisotopic (exact) mass is 382 g/mol. The highest BCUT2D eigenvalue weighted by atomic mass is 16.6. The number of aryl methyl sites for hydroxylation is 1. The molecule has 0 bridgehead atoms. The smallest absolute Gasteiger partial charge is 0.269 e. The van der Waals surface area contributed by atoms with Crippen LogP contribution in [0.15, 0.2) is 54.7 Å². The topological polar surface area (TPSA) is 102 Å². The average Bonchev–Trinajstić information content (AvgIpc) is 3.08. The molecule has 1 heterocycles. The molecule has 2 aromatic carbocycles. The van der Waals surface area contributed by atoms with Crippen molar-refractivity contribution in [2.75, 3.05) is 13.7 Å². The number of non-ortho nitro benzene ring substituents is 1. The van der Waals surface area contributed by atoms with Crippen LogP contribution in [0.1, 0.15) is 17.2 Å². The number of aliphatic hydroxyl groups excluding tert-OH is 1. The van der Waals surface area contributed by atoms with Gasteiger partial charge in [0.05, 0.1) is 23.8 Å². The predicted octanol–water partition coefficient (Wildman–Crippen LogP) is 2.83. The van der Waals surface area contributed by atoms with E-state index in [1.807, 2.05) is 37.5 Å². The summed E-state index contributed by atoms with van der Waals surface area (Å²) < 4.78 is 6.82. The van der Waals surface area contributed by atoms with Crippen LogP contribution < -0.4 is 10.1 Å². The Hall–Kier alpha value is -3.23. The van der Waals surface area contributed by atoms with E-state index in [2.05, 4.69) is 10.4 Å². The number of aliphatic hydroxyl groups is 1. The molecule has 0 aliphatic heterocycles. The fourth-order valence-electron chi connectivity index (χ4n) is 2.94. The van der Waals surface area contributed by atoms with Crippen LogP contribution in [0.5, 0.6) is 5.75 Å². The SMILES string of the molecule is COc1ccc(C(O)CNCc2cn(C)nc2-c2ccc([N+](=O)[O-])cc2)cc1. The Morgan fingerprint density at radius 3 is 2.50 bits per heavy atom. The summed E-state index contributed by atoms with van der Waals surface area (Å²) in [5, 5.41) is 28.9. The molecule has 1 atom stereocenters. The van der Waals surface area contributed by atoms with E-state index in [4.69, 9.17) is 4.74 Å². The Bertz CT molecular complexity index is 936. The Morgan fingerprint density at radius 2 is 1.89 bits per heavy atom. The summed E-state index contributed by atoms with van der Waals surface area (Å²) in [6, 6.07) is 13.6. The summed E-state index contributed by atoms with van der Waals surface area (Å²) in [6.07, 6.45) is 1.24. The molecule has 0 aliphatic rings. The van der Waals surface area contributed by atoms with Crippen molar-refractivity contribution in [3.8, 4) is 17.0 Å². The zero-order valence-corrected chi connectivity index (χ0v) is 15.7. The lowest BCUT2D eigenvalue weighted by molar-refractivity contribution is -0.384. The van der Waals surface area contributed by atoms with Crippen molar-refractivity contribution in [1.82, 2.24) is 15.1 Å². The third-order valence-corrected chi connectivity index (χ3v) is 4.41. The maximum Gasteiger partial charge on any atom is 0.269 e. The largest absolute Gasteiger partial charge is 0.497 e. The van der Waals surface area contributed by atoms with Crippen LogP contribution in [0.25, 0.3) is 11.3 Å². The van der Waals surface area contributed by atoms with Gasteiger partial charge in [-0.3, -0.25) is 14.8 Å². The van der Waals surface area contributed by atoms with Crippen molar-refractivity contribution in [2.24, 2.45) is 7.05 Å². The summed E-state index contributed by atoms with van der Waals surface area (Å²) in [6.45, 7) is 0.883. The zero-order valence-electron chi connectivity index (χ0n) is 15.7.